The molecule has 0 heterocycles. The van der Waals surface area contributed by atoms with Gasteiger partial charge in [0.05, 0.1) is 0 Å². The maximum Gasteiger partial charge on any atom is 0.0277 e. The molecule has 0 radical (unpaired) electrons. The van der Waals surface area contributed by atoms with Crippen LogP contribution in [0.15, 0.2) is 16.6 Å². The van der Waals surface area contributed by atoms with Crippen LogP contribution in [0.5, 0.6) is 0 Å². The summed E-state index contributed by atoms with van der Waals surface area (Å²) in [7, 11) is 1.81. The molecule has 0 atom stereocenters. The van der Waals surface area contributed by atoms with Crippen molar-refractivity contribution in [2.45, 2.75) is 47.0 Å². The quantitative estimate of drug-likeness (QED) is 0.567. The number of aliphatic imine (C=N–C) groups is 1. The number of nitrogens with zero attached hydrogens (tertiary/aromatic N) is 1. The third-order valence-corrected chi connectivity index (χ3v) is 1.48. The molecule has 0 spiro atoms. The van der Waals surface area contributed by atoms with Crippen molar-refractivity contribution in [3.63, 3.8) is 0 Å². The molecular formula is C11H23N. The van der Waals surface area contributed by atoms with Gasteiger partial charge in [-0.15, -0.1) is 0 Å². The van der Waals surface area contributed by atoms with Crippen LogP contribution in [0.3, 0.4) is 0 Å². The van der Waals surface area contributed by atoms with Crippen molar-refractivity contribution < 1.29 is 0 Å². The molecule has 0 aliphatic rings. The lowest BCUT2D eigenvalue weighted by Gasteiger charge is -1.96. The van der Waals surface area contributed by atoms with Gasteiger partial charge in [-0.05, 0) is 25.3 Å². The summed E-state index contributed by atoms with van der Waals surface area (Å²) in [6.07, 6.45) is 7.77. The van der Waals surface area contributed by atoms with Crippen molar-refractivity contribution in [1.29, 1.82) is 0 Å². The Labute approximate surface area is 77.6 Å². The number of allylic oxidation sites excluding steroid dienone is 2. The molecule has 0 saturated carbocycles. The highest BCUT2D eigenvalue weighted by Crippen LogP contribution is 2.03. The molecule has 0 rings (SSSR count). The first-order chi connectivity index (χ1) is 5.85. The first-order valence-electron chi connectivity index (χ1n) is 4.92. The van der Waals surface area contributed by atoms with Gasteiger partial charge < -0.3 is 0 Å². The second kappa shape index (κ2) is 13.0. The number of unbranched alkanes of at least 4 members (excludes halogenated alkanes) is 1. The van der Waals surface area contributed by atoms with E-state index in [-0.39, 0.29) is 0 Å². The van der Waals surface area contributed by atoms with Gasteiger partial charge in [0.2, 0.25) is 0 Å². The van der Waals surface area contributed by atoms with Gasteiger partial charge in [-0.25, -0.2) is 0 Å². The van der Waals surface area contributed by atoms with Crippen LogP contribution in [0.4, 0.5) is 0 Å². The Morgan fingerprint density at radius 1 is 1.33 bits per heavy atom. The van der Waals surface area contributed by atoms with Crippen LogP contribution in [0.1, 0.15) is 47.0 Å². The van der Waals surface area contributed by atoms with Crippen LogP contribution in [-0.4, -0.2) is 13.3 Å². The highest BCUT2D eigenvalue weighted by atomic mass is 14.6. The van der Waals surface area contributed by atoms with Crippen molar-refractivity contribution in [3.8, 4) is 0 Å². The summed E-state index contributed by atoms with van der Waals surface area (Å²) < 4.78 is 0. The van der Waals surface area contributed by atoms with Gasteiger partial charge in [-0.1, -0.05) is 33.3 Å². The SMILES string of the molecule is C/C=C(\C=NC)CCCC.CC. The van der Waals surface area contributed by atoms with E-state index < -0.39 is 0 Å². The van der Waals surface area contributed by atoms with Crippen molar-refractivity contribution in [2.24, 2.45) is 4.99 Å². The molecule has 12 heavy (non-hydrogen) atoms. The molecular weight excluding hydrogens is 146 g/mol. The molecule has 72 valence electrons. The van der Waals surface area contributed by atoms with Crippen molar-refractivity contribution in [3.05, 3.63) is 11.6 Å². The van der Waals surface area contributed by atoms with Crippen LogP contribution in [0.2, 0.25) is 0 Å². The lowest BCUT2D eigenvalue weighted by Crippen LogP contribution is -1.84. The number of hydrogen-bond donors (Lipinski definition) is 0. The van der Waals surface area contributed by atoms with Gasteiger partial charge >= 0.3 is 0 Å². The van der Waals surface area contributed by atoms with E-state index in [2.05, 4.69) is 24.9 Å². The third-order valence-electron chi connectivity index (χ3n) is 1.48. The van der Waals surface area contributed by atoms with Crippen molar-refractivity contribution >= 4 is 6.21 Å². The fourth-order valence-electron chi connectivity index (χ4n) is 0.830. The minimum absolute atomic E-state index is 1.17. The first-order valence-corrected chi connectivity index (χ1v) is 4.92. The Morgan fingerprint density at radius 2 is 1.92 bits per heavy atom. The third kappa shape index (κ3) is 9.41. The molecule has 0 aromatic heterocycles. The summed E-state index contributed by atoms with van der Waals surface area (Å²) in [5.41, 5.74) is 1.35. The zero-order valence-corrected chi connectivity index (χ0v) is 9.22. The molecule has 0 unspecified atom stereocenters. The summed E-state index contributed by atoms with van der Waals surface area (Å²) >= 11 is 0. The van der Waals surface area contributed by atoms with Gasteiger partial charge in [-0.3, -0.25) is 4.99 Å². The molecule has 0 bridgehead atoms. The summed E-state index contributed by atoms with van der Waals surface area (Å²) in [5, 5.41) is 0. The molecule has 1 nitrogen and oxygen atoms in total. The molecule has 0 aliphatic carbocycles. The summed E-state index contributed by atoms with van der Waals surface area (Å²) in [6, 6.07) is 0. The topological polar surface area (TPSA) is 12.4 Å². The predicted molar refractivity (Wildman–Crippen MR) is 59.0 cm³/mol. The zero-order chi connectivity index (χ0) is 9.82. The van der Waals surface area contributed by atoms with Gasteiger partial charge in [-0.2, -0.15) is 0 Å². The smallest absolute Gasteiger partial charge is 0.0277 e. The Bertz CT molecular complexity index is 123. The second-order valence-electron chi connectivity index (χ2n) is 2.35. The monoisotopic (exact) mass is 169 g/mol. The highest BCUT2D eigenvalue weighted by molar-refractivity contribution is 5.78. The lowest BCUT2D eigenvalue weighted by atomic mass is 10.1. The normalized spacial score (nSPS) is 11.2. The van der Waals surface area contributed by atoms with E-state index in [0.29, 0.717) is 0 Å². The number of rotatable bonds is 4. The van der Waals surface area contributed by atoms with E-state index in [0.717, 1.165) is 0 Å². The fourth-order valence-corrected chi connectivity index (χ4v) is 0.830. The van der Waals surface area contributed by atoms with Gasteiger partial charge in [0.25, 0.3) is 0 Å². The molecule has 0 amide bonds. The van der Waals surface area contributed by atoms with Crippen molar-refractivity contribution in [1.82, 2.24) is 0 Å². The molecule has 0 aromatic carbocycles. The average molecular weight is 169 g/mol. The zero-order valence-electron chi connectivity index (χ0n) is 9.22. The summed E-state index contributed by atoms with van der Waals surface area (Å²) in [5.74, 6) is 0. The number of hydrogen-bond acceptors (Lipinski definition) is 1. The van der Waals surface area contributed by atoms with Crippen LogP contribution in [-0.2, 0) is 0 Å². The van der Waals surface area contributed by atoms with E-state index >= 15 is 0 Å². The van der Waals surface area contributed by atoms with E-state index in [1.165, 1.54) is 24.8 Å². The largest absolute Gasteiger partial charge is 0.296 e. The predicted octanol–water partition coefficient (Wildman–Crippen LogP) is 3.85. The molecule has 1 heteroatoms. The van der Waals surface area contributed by atoms with E-state index in [1.807, 2.05) is 27.1 Å². The minimum Gasteiger partial charge on any atom is -0.296 e. The summed E-state index contributed by atoms with van der Waals surface area (Å²) in [4.78, 5) is 3.97. The van der Waals surface area contributed by atoms with E-state index in [1.54, 1.807) is 0 Å². The standard InChI is InChI=1S/C9H17N.C2H6/c1-4-6-7-9(5-2)8-10-3;1-2/h5,8H,4,6-7H2,1-3H3;1-2H3/b9-5-,10-8?;. The van der Waals surface area contributed by atoms with Crippen LogP contribution >= 0.6 is 0 Å². The minimum atomic E-state index is 1.17. The fraction of sp³-hybridized carbons (Fsp3) is 0.727. The maximum absolute atomic E-state index is 3.97. The highest BCUT2D eigenvalue weighted by Gasteiger charge is 1.88. The first kappa shape index (κ1) is 14.0. The Balaban J connectivity index is 0. The second-order valence-corrected chi connectivity index (χ2v) is 2.35. The molecule has 0 fully saturated rings. The van der Waals surface area contributed by atoms with E-state index in [9.17, 15) is 0 Å². The van der Waals surface area contributed by atoms with Gasteiger partial charge in [0.15, 0.2) is 0 Å². The molecule has 0 saturated heterocycles. The Hall–Kier alpha value is -0.590. The van der Waals surface area contributed by atoms with E-state index in [4.69, 9.17) is 0 Å². The maximum atomic E-state index is 3.97. The lowest BCUT2D eigenvalue weighted by molar-refractivity contribution is 0.803. The Kier molecular flexibility index (Phi) is 15.2. The van der Waals surface area contributed by atoms with Gasteiger partial charge in [0, 0.05) is 13.3 Å². The van der Waals surface area contributed by atoms with Crippen LogP contribution in [0, 0.1) is 0 Å². The van der Waals surface area contributed by atoms with Crippen LogP contribution in [0.25, 0.3) is 0 Å². The van der Waals surface area contributed by atoms with Gasteiger partial charge in [0.1, 0.15) is 0 Å². The summed E-state index contributed by atoms with van der Waals surface area (Å²) in [6.45, 7) is 8.27. The Morgan fingerprint density at radius 3 is 2.25 bits per heavy atom. The molecule has 0 aromatic rings. The average Bonchev–Trinajstić information content (AvgIpc) is 2.15. The van der Waals surface area contributed by atoms with Crippen molar-refractivity contribution in [2.75, 3.05) is 7.05 Å². The molecule has 0 N–H and O–H groups in total. The molecule has 0 aliphatic heterocycles. The van der Waals surface area contributed by atoms with Crippen LogP contribution < -0.4 is 0 Å².